The minimum Gasteiger partial charge on any atom is -0.459 e. The number of aromatic nitrogens is 2. The SMILES string of the molecule is CCOC1OC(C(=O)NCc2ccc(F)cc2)=CC(c2c(C)n(C)n(-c3ccccc3)c2=O)C1CCCO. The van der Waals surface area contributed by atoms with Gasteiger partial charge in [0.1, 0.15) is 5.82 Å². The number of rotatable bonds is 10. The van der Waals surface area contributed by atoms with Crippen LogP contribution in [0.2, 0.25) is 0 Å². The van der Waals surface area contributed by atoms with Crippen molar-refractivity contribution in [3.63, 3.8) is 0 Å². The maximum Gasteiger partial charge on any atom is 0.286 e. The second-order valence-electron chi connectivity index (χ2n) is 9.31. The van der Waals surface area contributed by atoms with Gasteiger partial charge >= 0.3 is 0 Å². The fourth-order valence-corrected chi connectivity index (χ4v) is 4.94. The van der Waals surface area contributed by atoms with Crippen LogP contribution in [-0.4, -0.2) is 39.9 Å². The van der Waals surface area contributed by atoms with Crippen LogP contribution < -0.4 is 10.9 Å². The lowest BCUT2D eigenvalue weighted by molar-refractivity contribution is -0.166. The number of benzene rings is 2. The van der Waals surface area contributed by atoms with Crippen LogP contribution in [0, 0.1) is 18.7 Å². The zero-order valence-corrected chi connectivity index (χ0v) is 21.9. The van der Waals surface area contributed by atoms with E-state index in [1.165, 1.54) is 12.1 Å². The summed E-state index contributed by atoms with van der Waals surface area (Å²) in [6, 6.07) is 15.2. The number of ether oxygens (including phenoxy) is 2. The van der Waals surface area contributed by atoms with Crippen molar-refractivity contribution in [3.05, 3.63) is 99.4 Å². The molecule has 3 unspecified atom stereocenters. The Labute approximate surface area is 221 Å². The zero-order valence-electron chi connectivity index (χ0n) is 21.9. The predicted octanol–water partition coefficient (Wildman–Crippen LogP) is 3.69. The van der Waals surface area contributed by atoms with Gasteiger partial charge in [0.2, 0.25) is 6.29 Å². The quantitative estimate of drug-likeness (QED) is 0.423. The number of para-hydroxylation sites is 1. The minimum absolute atomic E-state index is 0.0151. The van der Waals surface area contributed by atoms with Crippen molar-refractivity contribution in [2.45, 2.75) is 45.4 Å². The summed E-state index contributed by atoms with van der Waals surface area (Å²) in [4.78, 5) is 27.0. The van der Waals surface area contributed by atoms with Gasteiger partial charge in [-0.2, -0.15) is 0 Å². The number of hydrogen-bond acceptors (Lipinski definition) is 5. The van der Waals surface area contributed by atoms with E-state index >= 15 is 0 Å². The first kappa shape index (κ1) is 27.3. The molecule has 2 heterocycles. The number of nitrogens with one attached hydrogen (secondary N) is 1. The Kier molecular flexibility index (Phi) is 8.81. The van der Waals surface area contributed by atoms with Crippen LogP contribution in [0.3, 0.4) is 0 Å². The van der Waals surface area contributed by atoms with Crippen molar-refractivity contribution in [1.29, 1.82) is 0 Å². The van der Waals surface area contributed by atoms with Crippen LogP contribution in [0.1, 0.15) is 42.5 Å². The van der Waals surface area contributed by atoms with Gasteiger partial charge in [0.25, 0.3) is 11.5 Å². The predicted molar refractivity (Wildman–Crippen MR) is 141 cm³/mol. The van der Waals surface area contributed by atoms with Crippen LogP contribution in [0.25, 0.3) is 5.69 Å². The first-order valence-electron chi connectivity index (χ1n) is 12.8. The number of aliphatic hydroxyl groups excluding tert-OH is 1. The lowest BCUT2D eigenvalue weighted by Crippen LogP contribution is -2.40. The molecule has 1 aliphatic rings. The van der Waals surface area contributed by atoms with E-state index in [0.717, 1.165) is 16.9 Å². The molecule has 0 spiro atoms. The van der Waals surface area contributed by atoms with Crippen molar-refractivity contribution in [3.8, 4) is 5.69 Å². The molecular weight excluding hydrogens is 489 g/mol. The summed E-state index contributed by atoms with van der Waals surface area (Å²) in [5.41, 5.74) is 2.60. The molecular formula is C29H34FN3O5. The second kappa shape index (κ2) is 12.2. The molecule has 4 rings (SSSR count). The molecule has 0 fully saturated rings. The van der Waals surface area contributed by atoms with Gasteiger partial charge < -0.3 is 19.9 Å². The molecule has 0 bridgehead atoms. The van der Waals surface area contributed by atoms with Crippen molar-refractivity contribution < 1.29 is 23.8 Å². The summed E-state index contributed by atoms with van der Waals surface area (Å²) in [5.74, 6) is -1.53. The van der Waals surface area contributed by atoms with Gasteiger partial charge in [-0.25, -0.2) is 9.07 Å². The number of halogens is 1. The normalized spacial score (nSPS) is 19.1. The molecule has 0 saturated heterocycles. The van der Waals surface area contributed by atoms with Crippen molar-refractivity contribution in [1.82, 2.24) is 14.7 Å². The van der Waals surface area contributed by atoms with Crippen LogP contribution in [-0.2, 0) is 27.9 Å². The van der Waals surface area contributed by atoms with E-state index in [0.29, 0.717) is 25.0 Å². The summed E-state index contributed by atoms with van der Waals surface area (Å²) in [5, 5.41) is 12.4. The number of nitrogens with zero attached hydrogens (tertiary/aromatic N) is 2. The lowest BCUT2D eigenvalue weighted by Gasteiger charge is -2.36. The van der Waals surface area contributed by atoms with E-state index in [-0.39, 0.29) is 36.2 Å². The molecule has 3 atom stereocenters. The molecule has 202 valence electrons. The number of allylic oxidation sites excluding steroid dienone is 1. The third-order valence-corrected chi connectivity index (χ3v) is 6.93. The molecule has 0 radical (unpaired) electrons. The third-order valence-electron chi connectivity index (χ3n) is 6.93. The molecule has 38 heavy (non-hydrogen) atoms. The molecule has 1 aromatic heterocycles. The first-order valence-corrected chi connectivity index (χ1v) is 12.8. The number of carbonyl (C=O) groups is 1. The molecule has 2 aromatic carbocycles. The second-order valence-corrected chi connectivity index (χ2v) is 9.31. The Morgan fingerprint density at radius 2 is 1.87 bits per heavy atom. The number of carbonyl (C=O) groups excluding carboxylic acids is 1. The Morgan fingerprint density at radius 1 is 1.16 bits per heavy atom. The van der Waals surface area contributed by atoms with Crippen molar-refractivity contribution >= 4 is 5.91 Å². The summed E-state index contributed by atoms with van der Waals surface area (Å²) in [6.07, 6.45) is 1.94. The average molecular weight is 524 g/mol. The fraction of sp³-hybridized carbons (Fsp3) is 0.379. The third kappa shape index (κ3) is 5.74. The Hall–Kier alpha value is -3.69. The van der Waals surface area contributed by atoms with E-state index in [4.69, 9.17) is 9.47 Å². The topological polar surface area (TPSA) is 94.7 Å². The Balaban J connectivity index is 1.74. The summed E-state index contributed by atoms with van der Waals surface area (Å²) < 4.78 is 28.6. The highest BCUT2D eigenvalue weighted by atomic mass is 19.1. The number of aliphatic hydroxyl groups is 1. The van der Waals surface area contributed by atoms with Gasteiger partial charge in [0.15, 0.2) is 5.76 Å². The van der Waals surface area contributed by atoms with E-state index in [1.807, 2.05) is 55.9 Å². The van der Waals surface area contributed by atoms with Gasteiger partial charge in [0, 0.05) is 49.9 Å². The fourth-order valence-electron chi connectivity index (χ4n) is 4.94. The van der Waals surface area contributed by atoms with Crippen molar-refractivity contribution in [2.24, 2.45) is 13.0 Å². The van der Waals surface area contributed by atoms with E-state index in [9.17, 15) is 19.1 Å². The van der Waals surface area contributed by atoms with Crippen LogP contribution >= 0.6 is 0 Å². The van der Waals surface area contributed by atoms with Crippen LogP contribution in [0.5, 0.6) is 0 Å². The highest BCUT2D eigenvalue weighted by molar-refractivity contribution is 5.91. The van der Waals surface area contributed by atoms with E-state index in [1.54, 1.807) is 22.9 Å². The molecule has 0 saturated carbocycles. The summed E-state index contributed by atoms with van der Waals surface area (Å²) in [7, 11) is 1.83. The molecule has 1 amide bonds. The van der Waals surface area contributed by atoms with Gasteiger partial charge in [-0.05, 0) is 62.6 Å². The Bertz CT molecular complexity index is 1330. The molecule has 0 aliphatic carbocycles. The first-order chi connectivity index (χ1) is 18.3. The molecule has 3 aromatic rings. The van der Waals surface area contributed by atoms with Gasteiger partial charge in [0.05, 0.1) is 5.69 Å². The molecule has 8 nitrogen and oxygen atoms in total. The van der Waals surface area contributed by atoms with Crippen LogP contribution in [0.15, 0.2) is 71.2 Å². The largest absolute Gasteiger partial charge is 0.459 e. The van der Waals surface area contributed by atoms with E-state index < -0.39 is 18.1 Å². The minimum atomic E-state index is -0.780. The monoisotopic (exact) mass is 523 g/mol. The average Bonchev–Trinajstić information content (AvgIpc) is 3.15. The Morgan fingerprint density at radius 3 is 2.53 bits per heavy atom. The highest BCUT2D eigenvalue weighted by Crippen LogP contribution is 2.39. The summed E-state index contributed by atoms with van der Waals surface area (Å²) >= 11 is 0. The maximum atomic E-state index is 13.9. The zero-order chi connectivity index (χ0) is 27.2. The highest BCUT2D eigenvalue weighted by Gasteiger charge is 2.40. The van der Waals surface area contributed by atoms with Gasteiger partial charge in [-0.1, -0.05) is 30.3 Å². The standard InChI is InChI=1S/C29H34FN3O5/c1-4-37-29-23(11-8-16-34)24(17-25(38-29)27(35)31-18-20-12-14-21(30)15-13-20)26-19(2)32(3)33(28(26)36)22-9-6-5-7-10-22/h5-7,9-10,12-15,17,23-24,29,34H,4,8,11,16,18H2,1-3H3,(H,31,35). The summed E-state index contributed by atoms with van der Waals surface area (Å²) in [6.45, 7) is 4.23. The molecule has 9 heteroatoms. The van der Waals surface area contributed by atoms with Gasteiger partial charge in [-0.3, -0.25) is 14.3 Å². The molecule has 2 N–H and O–H groups in total. The smallest absolute Gasteiger partial charge is 0.286 e. The van der Waals surface area contributed by atoms with Gasteiger partial charge in [-0.15, -0.1) is 0 Å². The lowest BCUT2D eigenvalue weighted by atomic mass is 9.80. The maximum absolute atomic E-state index is 13.9. The number of hydrogen-bond donors (Lipinski definition) is 2. The van der Waals surface area contributed by atoms with E-state index in [2.05, 4.69) is 5.32 Å². The number of amides is 1. The molecule has 1 aliphatic heterocycles. The van der Waals surface area contributed by atoms with Crippen LogP contribution in [0.4, 0.5) is 4.39 Å². The van der Waals surface area contributed by atoms with Crippen molar-refractivity contribution in [2.75, 3.05) is 13.2 Å².